The second-order valence-electron chi connectivity index (χ2n) is 5.18. The number of piperidine rings is 1. The standard InChI is InChI=1S/C14H18N2O/c17-15-14-12-6-7-13(14)10-16(9-12)8-11-4-2-1-3-5-11/h1-5,12-13,17H,6-10H2. The fourth-order valence-corrected chi connectivity index (χ4v) is 3.23. The molecule has 17 heavy (non-hydrogen) atoms. The van der Waals surface area contributed by atoms with E-state index in [1.54, 1.807) is 0 Å². The summed E-state index contributed by atoms with van der Waals surface area (Å²) in [7, 11) is 0. The molecule has 2 unspecified atom stereocenters. The maximum absolute atomic E-state index is 9.02. The summed E-state index contributed by atoms with van der Waals surface area (Å²) >= 11 is 0. The van der Waals surface area contributed by atoms with Gasteiger partial charge in [0.15, 0.2) is 0 Å². The van der Waals surface area contributed by atoms with Crippen molar-refractivity contribution < 1.29 is 5.21 Å². The summed E-state index contributed by atoms with van der Waals surface area (Å²) in [6.07, 6.45) is 2.38. The molecule has 0 amide bonds. The first kappa shape index (κ1) is 10.8. The molecule has 1 heterocycles. The van der Waals surface area contributed by atoms with Gasteiger partial charge in [-0.05, 0) is 18.4 Å². The van der Waals surface area contributed by atoms with Gasteiger partial charge in [0.2, 0.25) is 0 Å². The zero-order valence-corrected chi connectivity index (χ0v) is 9.92. The van der Waals surface area contributed by atoms with Crippen LogP contribution in [0.4, 0.5) is 0 Å². The lowest BCUT2D eigenvalue weighted by molar-refractivity contribution is 0.219. The molecule has 2 fully saturated rings. The van der Waals surface area contributed by atoms with Gasteiger partial charge >= 0.3 is 0 Å². The molecule has 1 aromatic carbocycles. The number of hydrogen-bond acceptors (Lipinski definition) is 3. The Morgan fingerprint density at radius 2 is 1.76 bits per heavy atom. The molecule has 1 saturated heterocycles. The minimum Gasteiger partial charge on any atom is -0.411 e. The van der Waals surface area contributed by atoms with Crippen LogP contribution in [0.25, 0.3) is 0 Å². The Morgan fingerprint density at radius 3 is 2.35 bits per heavy atom. The Morgan fingerprint density at radius 1 is 1.12 bits per heavy atom. The highest BCUT2D eigenvalue weighted by Gasteiger charge is 2.39. The monoisotopic (exact) mass is 230 g/mol. The molecular formula is C14H18N2O. The van der Waals surface area contributed by atoms with E-state index in [4.69, 9.17) is 5.21 Å². The Bertz CT molecular complexity index is 399. The van der Waals surface area contributed by atoms with Crippen LogP contribution in [0.2, 0.25) is 0 Å². The van der Waals surface area contributed by atoms with Crippen LogP contribution in [-0.2, 0) is 6.54 Å². The van der Waals surface area contributed by atoms with Gasteiger partial charge in [0.1, 0.15) is 0 Å². The first-order valence-electron chi connectivity index (χ1n) is 6.35. The van der Waals surface area contributed by atoms with E-state index in [2.05, 4.69) is 40.4 Å². The van der Waals surface area contributed by atoms with Gasteiger partial charge in [0.05, 0.1) is 5.71 Å². The summed E-state index contributed by atoms with van der Waals surface area (Å²) in [5.41, 5.74) is 2.42. The molecule has 1 aromatic rings. The highest BCUT2D eigenvalue weighted by atomic mass is 16.4. The summed E-state index contributed by atoms with van der Waals surface area (Å²) in [4.78, 5) is 2.49. The van der Waals surface area contributed by atoms with Crippen LogP contribution in [0.5, 0.6) is 0 Å². The van der Waals surface area contributed by atoms with Crippen LogP contribution in [0.1, 0.15) is 18.4 Å². The summed E-state index contributed by atoms with van der Waals surface area (Å²) in [6, 6.07) is 10.6. The predicted molar refractivity (Wildman–Crippen MR) is 67.2 cm³/mol. The van der Waals surface area contributed by atoms with E-state index >= 15 is 0 Å². The van der Waals surface area contributed by atoms with E-state index < -0.39 is 0 Å². The number of likely N-dealkylation sites (tertiary alicyclic amines) is 1. The van der Waals surface area contributed by atoms with Gasteiger partial charge in [-0.25, -0.2) is 0 Å². The first-order valence-corrected chi connectivity index (χ1v) is 6.35. The van der Waals surface area contributed by atoms with E-state index in [0.29, 0.717) is 11.8 Å². The van der Waals surface area contributed by atoms with Crippen molar-refractivity contribution in [3.63, 3.8) is 0 Å². The molecule has 1 saturated carbocycles. The van der Waals surface area contributed by atoms with Crippen LogP contribution in [0.3, 0.4) is 0 Å². The number of nitrogens with zero attached hydrogens (tertiary/aromatic N) is 2. The summed E-state index contributed by atoms with van der Waals surface area (Å²) in [6.45, 7) is 3.11. The lowest BCUT2D eigenvalue weighted by Gasteiger charge is -2.32. The van der Waals surface area contributed by atoms with Crippen molar-refractivity contribution in [3.05, 3.63) is 35.9 Å². The van der Waals surface area contributed by atoms with Gasteiger partial charge in [-0.1, -0.05) is 35.5 Å². The molecule has 0 spiro atoms. The third-order valence-corrected chi connectivity index (χ3v) is 4.02. The quantitative estimate of drug-likeness (QED) is 0.625. The molecule has 0 radical (unpaired) electrons. The largest absolute Gasteiger partial charge is 0.411 e. The van der Waals surface area contributed by atoms with Crippen molar-refractivity contribution in [2.24, 2.45) is 17.0 Å². The van der Waals surface area contributed by atoms with Crippen molar-refractivity contribution in [1.82, 2.24) is 4.90 Å². The van der Waals surface area contributed by atoms with Gasteiger partial charge in [-0.2, -0.15) is 0 Å². The van der Waals surface area contributed by atoms with Crippen molar-refractivity contribution in [2.75, 3.05) is 13.1 Å². The van der Waals surface area contributed by atoms with Crippen LogP contribution in [0, 0.1) is 11.8 Å². The number of hydrogen-bond donors (Lipinski definition) is 1. The smallest absolute Gasteiger partial charge is 0.0657 e. The Kier molecular flexibility index (Phi) is 2.85. The van der Waals surface area contributed by atoms with E-state index in [0.717, 1.165) is 25.3 Å². The Labute approximate surface area is 102 Å². The fourth-order valence-electron chi connectivity index (χ4n) is 3.23. The van der Waals surface area contributed by atoms with Crippen molar-refractivity contribution in [2.45, 2.75) is 19.4 Å². The van der Waals surface area contributed by atoms with E-state index in [9.17, 15) is 0 Å². The van der Waals surface area contributed by atoms with Gasteiger partial charge in [0, 0.05) is 31.5 Å². The predicted octanol–water partition coefficient (Wildman–Crippen LogP) is 2.36. The first-order chi connectivity index (χ1) is 8.36. The molecule has 1 aliphatic carbocycles. The molecular weight excluding hydrogens is 212 g/mol. The highest BCUT2D eigenvalue weighted by Crippen LogP contribution is 2.34. The third-order valence-electron chi connectivity index (χ3n) is 4.02. The SMILES string of the molecule is ON=C1C2CCC1CN(Cc1ccccc1)C2. The average molecular weight is 230 g/mol. The second-order valence-corrected chi connectivity index (χ2v) is 5.18. The number of oxime groups is 1. The molecule has 2 atom stereocenters. The van der Waals surface area contributed by atoms with Crippen LogP contribution in [0.15, 0.2) is 35.5 Å². The van der Waals surface area contributed by atoms with E-state index in [-0.39, 0.29) is 0 Å². The maximum atomic E-state index is 9.02. The molecule has 3 heteroatoms. The number of fused-ring (bicyclic) bond motifs is 2. The molecule has 0 aromatic heterocycles. The zero-order valence-electron chi connectivity index (χ0n) is 9.92. The van der Waals surface area contributed by atoms with E-state index in [1.807, 2.05) is 0 Å². The zero-order chi connectivity index (χ0) is 11.7. The molecule has 3 nitrogen and oxygen atoms in total. The minimum atomic E-state index is 0.488. The number of benzene rings is 1. The van der Waals surface area contributed by atoms with Crippen molar-refractivity contribution >= 4 is 5.71 Å². The highest BCUT2D eigenvalue weighted by molar-refractivity contribution is 5.91. The van der Waals surface area contributed by atoms with Gasteiger partial charge in [-0.3, -0.25) is 4.90 Å². The number of rotatable bonds is 2. The summed E-state index contributed by atoms with van der Waals surface area (Å²) in [5.74, 6) is 0.977. The molecule has 1 N–H and O–H groups in total. The molecule has 3 rings (SSSR count). The molecule has 90 valence electrons. The van der Waals surface area contributed by atoms with Gasteiger partial charge < -0.3 is 5.21 Å². The van der Waals surface area contributed by atoms with Gasteiger partial charge in [0.25, 0.3) is 0 Å². The van der Waals surface area contributed by atoms with Crippen molar-refractivity contribution in [1.29, 1.82) is 0 Å². The lowest BCUT2D eigenvalue weighted by atomic mass is 9.95. The Hall–Kier alpha value is -1.35. The summed E-state index contributed by atoms with van der Waals surface area (Å²) < 4.78 is 0. The maximum Gasteiger partial charge on any atom is 0.0657 e. The lowest BCUT2D eigenvalue weighted by Crippen LogP contribution is -2.41. The van der Waals surface area contributed by atoms with Crippen molar-refractivity contribution in [3.8, 4) is 0 Å². The van der Waals surface area contributed by atoms with Crippen LogP contribution >= 0.6 is 0 Å². The second kappa shape index (κ2) is 4.49. The van der Waals surface area contributed by atoms with Gasteiger partial charge in [-0.15, -0.1) is 0 Å². The molecule has 1 aliphatic heterocycles. The Balaban J connectivity index is 1.69. The average Bonchev–Trinajstić information content (AvgIpc) is 2.61. The summed E-state index contributed by atoms with van der Waals surface area (Å²) in [5, 5.41) is 12.5. The molecule has 2 bridgehead atoms. The van der Waals surface area contributed by atoms with Crippen LogP contribution in [-0.4, -0.2) is 28.9 Å². The van der Waals surface area contributed by atoms with E-state index in [1.165, 1.54) is 18.4 Å². The fraction of sp³-hybridized carbons (Fsp3) is 0.500. The molecule has 2 aliphatic rings. The topological polar surface area (TPSA) is 35.8 Å². The minimum absolute atomic E-state index is 0.488. The third kappa shape index (κ3) is 2.07. The normalized spacial score (nSPS) is 28.4. The van der Waals surface area contributed by atoms with Crippen LogP contribution < -0.4 is 0 Å².